The second-order valence-electron chi connectivity index (χ2n) is 4.35. The van der Waals surface area contributed by atoms with E-state index in [1.54, 1.807) is 13.2 Å². The number of carbonyl (C=O) groups is 1. The number of rotatable bonds is 6. The van der Waals surface area contributed by atoms with Gasteiger partial charge in [0, 0.05) is 5.92 Å². The summed E-state index contributed by atoms with van der Waals surface area (Å²) in [5.74, 6) is 1.91. The molecule has 1 fully saturated rings. The molecule has 0 bridgehead atoms. The van der Waals surface area contributed by atoms with E-state index >= 15 is 0 Å². The Morgan fingerprint density at radius 3 is 2.78 bits per heavy atom. The minimum absolute atomic E-state index is 0.226. The van der Waals surface area contributed by atoms with Crippen LogP contribution in [0, 0.1) is 5.92 Å². The molecular weight excluding hydrogens is 228 g/mol. The molecular formula is C15H18O3. The fourth-order valence-electron chi connectivity index (χ4n) is 1.75. The lowest BCUT2D eigenvalue weighted by atomic mass is 10.1. The monoisotopic (exact) mass is 246 g/mol. The fraction of sp³-hybridized carbons (Fsp3) is 0.400. The first-order valence-electron chi connectivity index (χ1n) is 6.27. The number of hydrogen-bond donors (Lipinski definition) is 0. The summed E-state index contributed by atoms with van der Waals surface area (Å²) < 4.78 is 10.7. The molecule has 0 amide bonds. The van der Waals surface area contributed by atoms with Gasteiger partial charge in [-0.25, -0.2) is 0 Å². The van der Waals surface area contributed by atoms with Crippen LogP contribution in [0.5, 0.6) is 11.5 Å². The van der Waals surface area contributed by atoms with Gasteiger partial charge in [0.15, 0.2) is 17.3 Å². The third-order valence-corrected chi connectivity index (χ3v) is 2.91. The number of carbonyl (C=O) groups excluding carboxylic acids is 1. The van der Waals surface area contributed by atoms with Crippen LogP contribution in [-0.2, 0) is 4.79 Å². The van der Waals surface area contributed by atoms with E-state index in [0.717, 1.165) is 18.4 Å². The first-order chi connectivity index (χ1) is 8.74. The number of allylic oxidation sites excluding steroid dienone is 1. The van der Waals surface area contributed by atoms with Crippen LogP contribution in [0.4, 0.5) is 0 Å². The lowest BCUT2D eigenvalue weighted by Gasteiger charge is -2.09. The summed E-state index contributed by atoms with van der Waals surface area (Å²) in [6.45, 7) is 2.52. The highest BCUT2D eigenvalue weighted by Gasteiger charge is 2.27. The van der Waals surface area contributed by atoms with Crippen LogP contribution >= 0.6 is 0 Å². The van der Waals surface area contributed by atoms with Crippen molar-refractivity contribution >= 4 is 11.9 Å². The zero-order chi connectivity index (χ0) is 13.0. The van der Waals surface area contributed by atoms with E-state index in [2.05, 4.69) is 0 Å². The van der Waals surface area contributed by atoms with Gasteiger partial charge in [0.25, 0.3) is 0 Å². The van der Waals surface area contributed by atoms with Crippen molar-refractivity contribution in [2.45, 2.75) is 19.8 Å². The van der Waals surface area contributed by atoms with Crippen LogP contribution in [0.15, 0.2) is 24.3 Å². The van der Waals surface area contributed by atoms with E-state index in [-0.39, 0.29) is 11.7 Å². The van der Waals surface area contributed by atoms with Crippen LogP contribution in [0.25, 0.3) is 6.08 Å². The smallest absolute Gasteiger partial charge is 0.161 e. The molecule has 2 rings (SSSR count). The lowest BCUT2D eigenvalue weighted by molar-refractivity contribution is -0.115. The van der Waals surface area contributed by atoms with E-state index in [1.807, 2.05) is 31.2 Å². The van der Waals surface area contributed by atoms with Crippen LogP contribution in [0.2, 0.25) is 0 Å². The highest BCUT2D eigenvalue weighted by molar-refractivity contribution is 5.96. The average molecular weight is 246 g/mol. The molecule has 0 radical (unpaired) electrons. The van der Waals surface area contributed by atoms with E-state index in [9.17, 15) is 4.79 Å². The molecule has 0 N–H and O–H groups in total. The lowest BCUT2D eigenvalue weighted by Crippen LogP contribution is -1.96. The van der Waals surface area contributed by atoms with Crippen LogP contribution < -0.4 is 9.47 Å². The van der Waals surface area contributed by atoms with Gasteiger partial charge in [-0.15, -0.1) is 0 Å². The topological polar surface area (TPSA) is 35.5 Å². The summed E-state index contributed by atoms with van der Waals surface area (Å²) in [6.07, 6.45) is 5.57. The van der Waals surface area contributed by atoms with Crippen LogP contribution in [-0.4, -0.2) is 19.5 Å². The van der Waals surface area contributed by atoms with Gasteiger partial charge in [0.2, 0.25) is 0 Å². The van der Waals surface area contributed by atoms with Crippen molar-refractivity contribution in [1.82, 2.24) is 0 Å². The molecule has 0 spiro atoms. The maximum Gasteiger partial charge on any atom is 0.161 e. The Morgan fingerprint density at radius 2 is 2.17 bits per heavy atom. The molecule has 0 unspecified atom stereocenters. The minimum Gasteiger partial charge on any atom is -0.493 e. The second-order valence-corrected chi connectivity index (χ2v) is 4.35. The Balaban J connectivity index is 2.12. The van der Waals surface area contributed by atoms with Gasteiger partial charge in [0.05, 0.1) is 13.7 Å². The zero-order valence-electron chi connectivity index (χ0n) is 10.8. The average Bonchev–Trinajstić information content (AvgIpc) is 3.21. The zero-order valence-corrected chi connectivity index (χ0v) is 10.8. The summed E-state index contributed by atoms with van der Waals surface area (Å²) in [5, 5.41) is 0. The molecule has 1 saturated carbocycles. The number of hydrogen-bond acceptors (Lipinski definition) is 3. The summed E-state index contributed by atoms with van der Waals surface area (Å²) in [4.78, 5) is 11.6. The predicted octanol–water partition coefficient (Wildman–Crippen LogP) is 3.09. The molecule has 0 atom stereocenters. The first kappa shape index (κ1) is 12.7. The minimum atomic E-state index is 0.226. The highest BCUT2D eigenvalue weighted by atomic mass is 16.5. The summed E-state index contributed by atoms with van der Waals surface area (Å²) in [7, 11) is 1.62. The van der Waals surface area contributed by atoms with E-state index < -0.39 is 0 Å². The van der Waals surface area contributed by atoms with Crippen LogP contribution in [0.3, 0.4) is 0 Å². The van der Waals surface area contributed by atoms with E-state index in [1.165, 1.54) is 0 Å². The Morgan fingerprint density at radius 1 is 1.39 bits per heavy atom. The molecule has 3 heteroatoms. The summed E-state index contributed by atoms with van der Waals surface area (Å²) in [5.41, 5.74) is 0.952. The molecule has 0 aliphatic heterocycles. The van der Waals surface area contributed by atoms with Crippen molar-refractivity contribution < 1.29 is 14.3 Å². The van der Waals surface area contributed by atoms with Crippen molar-refractivity contribution in [3.8, 4) is 11.5 Å². The third kappa shape index (κ3) is 3.13. The van der Waals surface area contributed by atoms with Crippen molar-refractivity contribution in [2.24, 2.45) is 5.92 Å². The SMILES string of the molecule is CCOc1cc(/C=C/C(=O)C2CC2)ccc1OC. The molecule has 1 aromatic carbocycles. The van der Waals surface area contributed by atoms with E-state index in [4.69, 9.17) is 9.47 Å². The Kier molecular flexibility index (Phi) is 4.03. The molecule has 18 heavy (non-hydrogen) atoms. The standard InChI is InChI=1S/C15H18O3/c1-3-18-15-10-11(5-9-14(15)17-2)4-8-13(16)12-6-7-12/h4-5,8-10,12H,3,6-7H2,1-2H3/b8-4+. The third-order valence-electron chi connectivity index (χ3n) is 2.91. The maximum absolute atomic E-state index is 11.6. The first-order valence-corrected chi connectivity index (χ1v) is 6.27. The number of ketones is 1. The van der Waals surface area contributed by atoms with Crippen molar-refractivity contribution in [1.29, 1.82) is 0 Å². The fourth-order valence-corrected chi connectivity index (χ4v) is 1.75. The van der Waals surface area contributed by atoms with Crippen LogP contribution in [0.1, 0.15) is 25.3 Å². The van der Waals surface area contributed by atoms with Crippen molar-refractivity contribution in [3.63, 3.8) is 0 Å². The molecule has 3 nitrogen and oxygen atoms in total. The molecule has 1 aliphatic rings. The largest absolute Gasteiger partial charge is 0.493 e. The van der Waals surface area contributed by atoms with Gasteiger partial charge in [0.1, 0.15) is 0 Å². The predicted molar refractivity (Wildman–Crippen MR) is 70.9 cm³/mol. The second kappa shape index (κ2) is 5.71. The summed E-state index contributed by atoms with van der Waals surface area (Å²) >= 11 is 0. The number of ether oxygens (including phenoxy) is 2. The number of benzene rings is 1. The van der Waals surface area contributed by atoms with Gasteiger partial charge in [-0.2, -0.15) is 0 Å². The van der Waals surface area contributed by atoms with Gasteiger partial charge in [-0.1, -0.05) is 12.1 Å². The Labute approximate surface area is 107 Å². The van der Waals surface area contributed by atoms with Gasteiger partial charge in [-0.3, -0.25) is 4.79 Å². The normalized spacial score (nSPS) is 14.8. The summed E-state index contributed by atoms with van der Waals surface area (Å²) in [6, 6.07) is 5.66. The molecule has 0 aromatic heterocycles. The molecule has 0 saturated heterocycles. The van der Waals surface area contributed by atoms with E-state index in [0.29, 0.717) is 18.1 Å². The van der Waals surface area contributed by atoms with Gasteiger partial charge < -0.3 is 9.47 Å². The molecule has 0 heterocycles. The molecule has 1 aromatic rings. The number of methoxy groups -OCH3 is 1. The maximum atomic E-state index is 11.6. The van der Waals surface area contributed by atoms with Crippen molar-refractivity contribution in [3.05, 3.63) is 29.8 Å². The van der Waals surface area contributed by atoms with Gasteiger partial charge >= 0.3 is 0 Å². The Bertz CT molecular complexity index is 459. The quantitative estimate of drug-likeness (QED) is 0.723. The molecule has 96 valence electrons. The Hall–Kier alpha value is -1.77. The van der Waals surface area contributed by atoms with Gasteiger partial charge in [-0.05, 0) is 43.5 Å². The highest BCUT2D eigenvalue weighted by Crippen LogP contribution is 2.31. The van der Waals surface area contributed by atoms with Crippen molar-refractivity contribution in [2.75, 3.05) is 13.7 Å². The molecule has 1 aliphatic carbocycles.